The van der Waals surface area contributed by atoms with Gasteiger partial charge in [0.15, 0.2) is 0 Å². The molecule has 1 heteroatoms. The third-order valence-corrected chi connectivity index (χ3v) is 1.98. The van der Waals surface area contributed by atoms with Crippen LogP contribution in [0.25, 0.3) is 10.8 Å². The molecule has 2 rings (SSSR count). The van der Waals surface area contributed by atoms with Crippen molar-refractivity contribution >= 4 is 16.5 Å². The van der Waals surface area contributed by atoms with Crippen LogP contribution in [0.2, 0.25) is 0 Å². The fourth-order valence-corrected chi connectivity index (χ4v) is 1.38. The van der Waals surface area contributed by atoms with Gasteiger partial charge in [-0.25, -0.2) is 0 Å². The van der Waals surface area contributed by atoms with Gasteiger partial charge in [-0.1, -0.05) is 36.4 Å². The van der Waals surface area contributed by atoms with E-state index in [-0.39, 0.29) is 0 Å². The van der Waals surface area contributed by atoms with Gasteiger partial charge in [0.05, 0.1) is 0 Å². The summed E-state index contributed by atoms with van der Waals surface area (Å²) in [4.78, 5) is 0. The van der Waals surface area contributed by atoms with Gasteiger partial charge < -0.3 is 5.32 Å². The summed E-state index contributed by atoms with van der Waals surface area (Å²) in [6.45, 7) is 0. The zero-order valence-electron chi connectivity index (χ0n) is 6.75. The summed E-state index contributed by atoms with van der Waals surface area (Å²) >= 11 is 0. The molecule has 0 aromatic heterocycles. The van der Waals surface area contributed by atoms with Crippen LogP contribution in [0.15, 0.2) is 42.5 Å². The summed E-state index contributed by atoms with van der Waals surface area (Å²) in [6.07, 6.45) is 0. The van der Waals surface area contributed by atoms with Gasteiger partial charge in [0, 0.05) is 18.1 Å². The van der Waals surface area contributed by atoms with Crippen molar-refractivity contribution in [2.24, 2.45) is 0 Å². The minimum absolute atomic E-state index is 1.08. The zero-order chi connectivity index (χ0) is 8.39. The van der Waals surface area contributed by atoms with Crippen molar-refractivity contribution in [3.8, 4) is 0 Å². The predicted molar refractivity (Wildman–Crippen MR) is 52.9 cm³/mol. The summed E-state index contributed by atoms with van der Waals surface area (Å²) in [7, 11) is 3.66. The van der Waals surface area contributed by atoms with Crippen molar-refractivity contribution in [2.45, 2.75) is 0 Å². The number of anilines is 1. The molecule has 0 aliphatic carbocycles. The molecule has 0 heterocycles. The molecule has 0 saturated carbocycles. The molecule has 0 bridgehead atoms. The van der Waals surface area contributed by atoms with E-state index in [1.807, 2.05) is 24.3 Å². The van der Waals surface area contributed by atoms with Gasteiger partial charge in [0.25, 0.3) is 0 Å². The Hall–Kier alpha value is -1.50. The zero-order valence-corrected chi connectivity index (χ0v) is 6.75. The molecule has 0 unspecified atom stereocenters. The molecular weight excluding hydrogens is 146 g/mol. The van der Waals surface area contributed by atoms with Crippen LogP contribution in [0.5, 0.6) is 0 Å². The van der Waals surface area contributed by atoms with Gasteiger partial charge >= 0.3 is 0 Å². The van der Waals surface area contributed by atoms with E-state index in [1.165, 1.54) is 10.8 Å². The molecule has 0 fully saturated rings. The Morgan fingerprint density at radius 2 is 1.67 bits per heavy atom. The fraction of sp³-hybridized carbons (Fsp3) is 0. The molecule has 0 amide bonds. The van der Waals surface area contributed by atoms with Crippen LogP contribution in [0.1, 0.15) is 0 Å². The van der Waals surface area contributed by atoms with E-state index < -0.39 is 0 Å². The lowest BCUT2D eigenvalue weighted by Crippen LogP contribution is -1.85. The molecule has 1 N–H and O–H groups in total. The van der Waals surface area contributed by atoms with Crippen molar-refractivity contribution in [3.05, 3.63) is 49.5 Å². The van der Waals surface area contributed by atoms with Gasteiger partial charge in [0.2, 0.25) is 0 Å². The molecule has 0 saturated heterocycles. The maximum Gasteiger partial charge on any atom is 0.0420 e. The molecular formula is C11H10N. The summed E-state index contributed by atoms with van der Waals surface area (Å²) < 4.78 is 0. The molecule has 59 valence electrons. The SMILES string of the molecule is [CH2]Nc1cccc2ccccc12. The minimum Gasteiger partial charge on any atom is -0.383 e. The third-order valence-electron chi connectivity index (χ3n) is 1.98. The highest BCUT2D eigenvalue weighted by Crippen LogP contribution is 2.22. The van der Waals surface area contributed by atoms with E-state index in [4.69, 9.17) is 0 Å². The van der Waals surface area contributed by atoms with Crippen molar-refractivity contribution in [1.29, 1.82) is 0 Å². The molecule has 0 aliphatic rings. The van der Waals surface area contributed by atoms with E-state index in [1.54, 1.807) is 0 Å². The van der Waals surface area contributed by atoms with Crippen LogP contribution < -0.4 is 5.32 Å². The van der Waals surface area contributed by atoms with E-state index in [2.05, 4.69) is 30.6 Å². The first-order valence-corrected chi connectivity index (χ1v) is 3.92. The van der Waals surface area contributed by atoms with Crippen LogP contribution in [0, 0.1) is 7.05 Å². The first-order chi connectivity index (χ1) is 5.92. The monoisotopic (exact) mass is 156 g/mol. The van der Waals surface area contributed by atoms with Crippen molar-refractivity contribution in [3.63, 3.8) is 0 Å². The van der Waals surface area contributed by atoms with Crippen molar-refractivity contribution < 1.29 is 0 Å². The largest absolute Gasteiger partial charge is 0.383 e. The van der Waals surface area contributed by atoms with Gasteiger partial charge in [-0.2, -0.15) is 0 Å². The second-order valence-corrected chi connectivity index (χ2v) is 2.70. The molecule has 2 aromatic rings. The van der Waals surface area contributed by atoms with E-state index in [0.717, 1.165) is 5.69 Å². The highest BCUT2D eigenvalue weighted by atomic mass is 14.8. The lowest BCUT2D eigenvalue weighted by Gasteiger charge is -2.03. The number of fused-ring (bicyclic) bond motifs is 1. The fourth-order valence-electron chi connectivity index (χ4n) is 1.38. The molecule has 2 aromatic carbocycles. The number of nitrogens with one attached hydrogen (secondary N) is 1. The molecule has 0 aliphatic heterocycles. The number of benzene rings is 2. The van der Waals surface area contributed by atoms with Crippen molar-refractivity contribution in [2.75, 3.05) is 5.32 Å². The predicted octanol–water partition coefficient (Wildman–Crippen LogP) is 3.04. The van der Waals surface area contributed by atoms with Crippen LogP contribution in [0.3, 0.4) is 0 Å². The van der Waals surface area contributed by atoms with Crippen LogP contribution in [0.4, 0.5) is 5.69 Å². The Bertz CT molecular complexity index is 388. The Balaban J connectivity index is 2.79. The smallest absolute Gasteiger partial charge is 0.0420 e. The molecule has 1 radical (unpaired) electrons. The Morgan fingerprint density at radius 1 is 0.917 bits per heavy atom. The summed E-state index contributed by atoms with van der Waals surface area (Å²) in [6, 6.07) is 14.4. The topological polar surface area (TPSA) is 12.0 Å². The van der Waals surface area contributed by atoms with Gasteiger partial charge in [0.1, 0.15) is 0 Å². The quantitative estimate of drug-likeness (QED) is 0.669. The maximum atomic E-state index is 3.66. The Kier molecular flexibility index (Phi) is 1.71. The van der Waals surface area contributed by atoms with Gasteiger partial charge in [-0.3, -0.25) is 0 Å². The summed E-state index contributed by atoms with van der Waals surface area (Å²) in [5.41, 5.74) is 1.08. The number of hydrogen-bond donors (Lipinski definition) is 1. The number of hydrogen-bond acceptors (Lipinski definition) is 1. The average molecular weight is 156 g/mol. The first-order valence-electron chi connectivity index (χ1n) is 3.92. The summed E-state index contributed by atoms with van der Waals surface area (Å²) in [5.74, 6) is 0. The third kappa shape index (κ3) is 1.03. The van der Waals surface area contributed by atoms with Crippen LogP contribution >= 0.6 is 0 Å². The second-order valence-electron chi connectivity index (χ2n) is 2.70. The lowest BCUT2D eigenvalue weighted by atomic mass is 10.1. The Morgan fingerprint density at radius 3 is 2.50 bits per heavy atom. The first kappa shape index (κ1) is 7.17. The average Bonchev–Trinajstić information content (AvgIpc) is 2.17. The molecule has 12 heavy (non-hydrogen) atoms. The highest BCUT2D eigenvalue weighted by molar-refractivity contribution is 5.93. The van der Waals surface area contributed by atoms with E-state index in [0.29, 0.717) is 0 Å². The minimum atomic E-state index is 1.08. The van der Waals surface area contributed by atoms with E-state index in [9.17, 15) is 0 Å². The Labute approximate surface area is 72.0 Å². The lowest BCUT2D eigenvalue weighted by molar-refractivity contribution is 1.64. The van der Waals surface area contributed by atoms with Gasteiger partial charge in [-0.05, 0) is 11.5 Å². The number of rotatable bonds is 1. The maximum absolute atomic E-state index is 3.66. The van der Waals surface area contributed by atoms with Crippen molar-refractivity contribution in [1.82, 2.24) is 0 Å². The molecule has 0 atom stereocenters. The van der Waals surface area contributed by atoms with E-state index >= 15 is 0 Å². The molecule has 1 nitrogen and oxygen atoms in total. The van der Waals surface area contributed by atoms with Crippen LogP contribution in [-0.4, -0.2) is 0 Å². The molecule has 0 spiro atoms. The second kappa shape index (κ2) is 2.86. The summed E-state index contributed by atoms with van der Waals surface area (Å²) in [5, 5.41) is 5.38. The van der Waals surface area contributed by atoms with Crippen LogP contribution in [-0.2, 0) is 0 Å². The highest BCUT2D eigenvalue weighted by Gasteiger charge is 1.95. The normalized spacial score (nSPS) is 10.1. The van der Waals surface area contributed by atoms with Gasteiger partial charge in [-0.15, -0.1) is 0 Å². The standard InChI is InChI=1S/C11H10N/c1-12-11-8-4-6-9-5-2-3-7-10(9)11/h2-8,12H,1H2.